The fraction of sp³-hybridized carbons (Fsp3) is 0.474. The number of nitrogens with zero attached hydrogens (tertiary/aromatic N) is 2. The summed E-state index contributed by atoms with van der Waals surface area (Å²) in [4.78, 5) is 12.5. The zero-order valence-electron chi connectivity index (χ0n) is 15.1. The summed E-state index contributed by atoms with van der Waals surface area (Å²) < 4.78 is 1.92. The number of piperidine rings is 1. The number of amides is 1. The maximum atomic E-state index is 12.5. The van der Waals surface area contributed by atoms with Crippen molar-refractivity contribution >= 4 is 18.3 Å². The Morgan fingerprint density at radius 2 is 2.04 bits per heavy atom. The van der Waals surface area contributed by atoms with Crippen LogP contribution in [0, 0.1) is 19.8 Å². The summed E-state index contributed by atoms with van der Waals surface area (Å²) >= 11 is 0. The molecule has 1 fully saturated rings. The Bertz CT molecular complexity index is 714. The van der Waals surface area contributed by atoms with Gasteiger partial charge in [-0.1, -0.05) is 25.1 Å². The van der Waals surface area contributed by atoms with Crippen molar-refractivity contribution in [2.45, 2.75) is 39.7 Å². The molecule has 1 aromatic heterocycles. The number of carbonyl (C=O) groups is 1. The van der Waals surface area contributed by atoms with Gasteiger partial charge in [-0.3, -0.25) is 4.79 Å². The molecule has 0 spiro atoms. The first-order valence-corrected chi connectivity index (χ1v) is 8.67. The molecule has 2 heterocycles. The first-order valence-electron chi connectivity index (χ1n) is 8.67. The highest BCUT2D eigenvalue weighted by atomic mass is 35.5. The van der Waals surface area contributed by atoms with E-state index in [1.54, 1.807) is 0 Å². The van der Waals surface area contributed by atoms with E-state index in [1.165, 1.54) is 0 Å². The van der Waals surface area contributed by atoms with E-state index in [4.69, 9.17) is 0 Å². The first-order chi connectivity index (χ1) is 11.6. The van der Waals surface area contributed by atoms with Gasteiger partial charge in [0.05, 0.1) is 17.8 Å². The minimum Gasteiger partial charge on any atom is -0.353 e. The first kappa shape index (κ1) is 19.5. The number of aromatic nitrogens is 2. The molecule has 6 heteroatoms. The van der Waals surface area contributed by atoms with Crippen LogP contribution in [0.5, 0.6) is 0 Å². The Morgan fingerprint density at radius 3 is 2.72 bits per heavy atom. The fourth-order valence-corrected chi connectivity index (χ4v) is 3.40. The largest absolute Gasteiger partial charge is 0.353 e. The molecule has 3 rings (SSSR count). The Labute approximate surface area is 155 Å². The Kier molecular flexibility index (Phi) is 6.62. The maximum absolute atomic E-state index is 12.5. The molecular formula is C19H27ClN4O. The lowest BCUT2D eigenvalue weighted by molar-refractivity contribution is -0.121. The van der Waals surface area contributed by atoms with Crippen molar-refractivity contribution in [3.63, 3.8) is 0 Å². The van der Waals surface area contributed by atoms with Crippen LogP contribution in [0.2, 0.25) is 0 Å². The molecule has 0 aliphatic carbocycles. The van der Waals surface area contributed by atoms with Gasteiger partial charge in [-0.05, 0) is 51.4 Å². The molecule has 5 nitrogen and oxygen atoms in total. The van der Waals surface area contributed by atoms with Crippen molar-refractivity contribution in [3.05, 3.63) is 47.3 Å². The van der Waals surface area contributed by atoms with Crippen LogP contribution in [0.15, 0.2) is 30.3 Å². The second kappa shape index (κ2) is 8.50. The predicted molar refractivity (Wildman–Crippen MR) is 103 cm³/mol. The van der Waals surface area contributed by atoms with Crippen LogP contribution in [0.3, 0.4) is 0 Å². The molecule has 1 aliphatic heterocycles. The SMILES string of the molecule is Cc1nn(-c2ccccc2)c(C)c1CC(=O)NC1CCNCC1C.Cl. The molecule has 25 heavy (non-hydrogen) atoms. The number of hydrogen-bond acceptors (Lipinski definition) is 3. The van der Waals surface area contributed by atoms with Crippen molar-refractivity contribution in [2.24, 2.45) is 5.92 Å². The molecule has 0 radical (unpaired) electrons. The third-order valence-electron chi connectivity index (χ3n) is 4.91. The second-order valence-corrected chi connectivity index (χ2v) is 6.72. The van der Waals surface area contributed by atoms with E-state index in [0.717, 1.165) is 42.1 Å². The van der Waals surface area contributed by atoms with Crippen LogP contribution in [-0.2, 0) is 11.2 Å². The van der Waals surface area contributed by atoms with E-state index in [-0.39, 0.29) is 24.4 Å². The van der Waals surface area contributed by atoms with Gasteiger partial charge in [-0.25, -0.2) is 4.68 Å². The molecule has 0 saturated carbocycles. The Morgan fingerprint density at radius 1 is 1.32 bits per heavy atom. The van der Waals surface area contributed by atoms with E-state index in [9.17, 15) is 4.79 Å². The van der Waals surface area contributed by atoms with Crippen LogP contribution in [0.4, 0.5) is 0 Å². The van der Waals surface area contributed by atoms with Crippen molar-refractivity contribution in [2.75, 3.05) is 13.1 Å². The number of para-hydroxylation sites is 1. The van der Waals surface area contributed by atoms with Gasteiger partial charge < -0.3 is 10.6 Å². The van der Waals surface area contributed by atoms with E-state index in [1.807, 2.05) is 48.9 Å². The Balaban J connectivity index is 0.00000225. The number of halogens is 1. The minimum absolute atomic E-state index is 0. The number of benzene rings is 1. The molecule has 2 N–H and O–H groups in total. The average molecular weight is 363 g/mol. The average Bonchev–Trinajstić information content (AvgIpc) is 2.86. The molecule has 1 aliphatic rings. The van der Waals surface area contributed by atoms with Crippen molar-refractivity contribution in [3.8, 4) is 5.69 Å². The normalized spacial score (nSPS) is 20.0. The van der Waals surface area contributed by atoms with Crippen LogP contribution >= 0.6 is 12.4 Å². The van der Waals surface area contributed by atoms with E-state index < -0.39 is 0 Å². The molecule has 1 aromatic carbocycles. The number of nitrogens with one attached hydrogen (secondary N) is 2. The topological polar surface area (TPSA) is 59.0 Å². The maximum Gasteiger partial charge on any atom is 0.224 e. The molecule has 2 unspecified atom stereocenters. The summed E-state index contributed by atoms with van der Waals surface area (Å²) in [7, 11) is 0. The van der Waals surface area contributed by atoms with Gasteiger partial charge in [0, 0.05) is 17.3 Å². The van der Waals surface area contributed by atoms with Gasteiger partial charge in [-0.15, -0.1) is 12.4 Å². The molecule has 1 saturated heterocycles. The molecule has 2 atom stereocenters. The predicted octanol–water partition coefficient (Wildman–Crippen LogP) is 2.57. The number of carbonyl (C=O) groups excluding carboxylic acids is 1. The molecule has 136 valence electrons. The van der Waals surface area contributed by atoms with Gasteiger partial charge in [0.2, 0.25) is 5.91 Å². The third-order valence-corrected chi connectivity index (χ3v) is 4.91. The van der Waals surface area contributed by atoms with Gasteiger partial charge in [0.15, 0.2) is 0 Å². The summed E-state index contributed by atoms with van der Waals surface area (Å²) in [6.45, 7) is 8.13. The highest BCUT2D eigenvalue weighted by Crippen LogP contribution is 2.19. The zero-order chi connectivity index (χ0) is 17.1. The van der Waals surface area contributed by atoms with Crippen LogP contribution in [-0.4, -0.2) is 34.8 Å². The molecular weight excluding hydrogens is 336 g/mol. The van der Waals surface area contributed by atoms with Crippen LogP contribution in [0.25, 0.3) is 5.69 Å². The van der Waals surface area contributed by atoms with Gasteiger partial charge in [-0.2, -0.15) is 5.10 Å². The van der Waals surface area contributed by atoms with Gasteiger partial charge in [0.25, 0.3) is 0 Å². The summed E-state index contributed by atoms with van der Waals surface area (Å²) in [6, 6.07) is 10.3. The lowest BCUT2D eigenvalue weighted by Gasteiger charge is -2.30. The van der Waals surface area contributed by atoms with Crippen molar-refractivity contribution in [1.82, 2.24) is 20.4 Å². The Hall–Kier alpha value is -1.85. The molecule has 1 amide bonds. The minimum atomic E-state index is 0. The number of hydrogen-bond donors (Lipinski definition) is 2. The van der Waals surface area contributed by atoms with E-state index in [2.05, 4.69) is 22.7 Å². The smallest absolute Gasteiger partial charge is 0.224 e. The van der Waals surface area contributed by atoms with Crippen molar-refractivity contribution in [1.29, 1.82) is 0 Å². The van der Waals surface area contributed by atoms with Gasteiger partial charge >= 0.3 is 0 Å². The monoisotopic (exact) mass is 362 g/mol. The molecule has 0 bridgehead atoms. The fourth-order valence-electron chi connectivity index (χ4n) is 3.40. The number of aryl methyl sites for hydroxylation is 1. The standard InChI is InChI=1S/C19H26N4O.ClH/c1-13-12-20-10-9-18(13)21-19(24)11-17-14(2)22-23(15(17)3)16-7-5-4-6-8-16;/h4-8,13,18,20H,9-12H2,1-3H3,(H,21,24);1H. The van der Waals surface area contributed by atoms with Crippen molar-refractivity contribution < 1.29 is 4.79 Å². The summed E-state index contributed by atoms with van der Waals surface area (Å²) in [5, 5.41) is 11.2. The number of rotatable bonds is 4. The van der Waals surface area contributed by atoms with Crippen LogP contribution < -0.4 is 10.6 Å². The third kappa shape index (κ3) is 4.41. The lowest BCUT2D eigenvalue weighted by atomic mass is 9.95. The highest BCUT2D eigenvalue weighted by Gasteiger charge is 2.23. The van der Waals surface area contributed by atoms with E-state index in [0.29, 0.717) is 12.3 Å². The van der Waals surface area contributed by atoms with E-state index >= 15 is 0 Å². The molecule has 2 aromatic rings. The second-order valence-electron chi connectivity index (χ2n) is 6.72. The highest BCUT2D eigenvalue weighted by molar-refractivity contribution is 5.85. The lowest BCUT2D eigenvalue weighted by Crippen LogP contribution is -2.48. The summed E-state index contributed by atoms with van der Waals surface area (Å²) in [5.74, 6) is 0.560. The quantitative estimate of drug-likeness (QED) is 0.878. The summed E-state index contributed by atoms with van der Waals surface area (Å²) in [5.41, 5.74) is 4.01. The summed E-state index contributed by atoms with van der Waals surface area (Å²) in [6.07, 6.45) is 1.38. The van der Waals surface area contributed by atoms with Gasteiger partial charge in [0.1, 0.15) is 0 Å². The van der Waals surface area contributed by atoms with Crippen LogP contribution in [0.1, 0.15) is 30.3 Å². The zero-order valence-corrected chi connectivity index (χ0v) is 15.9.